The monoisotopic (exact) mass is 484 g/mol. The molecule has 0 saturated carbocycles. The largest absolute Gasteiger partial charge is 0.367 e. The summed E-state index contributed by atoms with van der Waals surface area (Å²) in [4.78, 5) is 22.8. The molecule has 0 N–H and O–H groups in total. The van der Waals surface area contributed by atoms with Crippen LogP contribution >= 0.6 is 34.5 Å². The van der Waals surface area contributed by atoms with Gasteiger partial charge in [-0.3, -0.25) is 9.20 Å². The minimum atomic E-state index is 0.132. The first-order valence-corrected chi connectivity index (χ1v) is 12.1. The van der Waals surface area contributed by atoms with E-state index in [4.69, 9.17) is 28.2 Å². The fraction of sp³-hybridized carbons (Fsp3) is 0.250. The van der Waals surface area contributed by atoms with Gasteiger partial charge in [0.2, 0.25) is 5.91 Å². The van der Waals surface area contributed by atoms with Crippen LogP contribution in [-0.2, 0) is 11.2 Å². The fourth-order valence-electron chi connectivity index (χ4n) is 4.02. The Morgan fingerprint density at radius 3 is 2.56 bits per heavy atom. The van der Waals surface area contributed by atoms with Crippen LogP contribution in [-0.4, -0.2) is 46.4 Å². The number of carbonyl (C=O) groups excluding carboxylic acids is 1. The van der Waals surface area contributed by atoms with E-state index in [1.165, 1.54) is 5.56 Å². The molecule has 1 aliphatic rings. The lowest BCUT2D eigenvalue weighted by molar-refractivity contribution is -0.130. The van der Waals surface area contributed by atoms with Gasteiger partial charge in [-0.2, -0.15) is 0 Å². The summed E-state index contributed by atoms with van der Waals surface area (Å²) in [5.74, 6) is 0.132. The molecule has 3 heterocycles. The van der Waals surface area contributed by atoms with Gasteiger partial charge >= 0.3 is 0 Å². The first-order valence-electron chi connectivity index (χ1n) is 10.5. The van der Waals surface area contributed by atoms with Crippen LogP contribution in [0.3, 0.4) is 0 Å². The van der Waals surface area contributed by atoms with Crippen LogP contribution in [0, 0.1) is 6.92 Å². The van der Waals surface area contributed by atoms with Crippen molar-refractivity contribution in [2.45, 2.75) is 13.3 Å². The van der Waals surface area contributed by atoms with Crippen molar-refractivity contribution in [3.8, 4) is 11.3 Å². The third-order valence-corrected chi connectivity index (χ3v) is 7.56. The van der Waals surface area contributed by atoms with E-state index in [-0.39, 0.29) is 5.91 Å². The third kappa shape index (κ3) is 4.10. The molecule has 0 spiro atoms. The van der Waals surface area contributed by atoms with Gasteiger partial charge in [-0.25, -0.2) is 4.98 Å². The fourth-order valence-corrected chi connectivity index (χ4v) is 5.31. The number of hydrogen-bond acceptors (Lipinski definition) is 4. The molecule has 32 heavy (non-hydrogen) atoms. The van der Waals surface area contributed by atoms with Crippen molar-refractivity contribution in [2.24, 2.45) is 0 Å². The zero-order valence-electron chi connectivity index (χ0n) is 17.6. The van der Waals surface area contributed by atoms with Crippen LogP contribution in [0.1, 0.15) is 11.3 Å². The molecule has 5 nitrogen and oxygen atoms in total. The highest BCUT2D eigenvalue weighted by atomic mass is 35.5. The van der Waals surface area contributed by atoms with Crippen molar-refractivity contribution in [1.82, 2.24) is 14.3 Å². The van der Waals surface area contributed by atoms with Crippen LogP contribution in [0.4, 0.5) is 5.69 Å². The average Bonchev–Trinajstić information content (AvgIpc) is 3.38. The van der Waals surface area contributed by atoms with Crippen molar-refractivity contribution in [1.29, 1.82) is 0 Å². The molecule has 1 saturated heterocycles. The number of hydrogen-bond donors (Lipinski definition) is 0. The summed E-state index contributed by atoms with van der Waals surface area (Å²) in [5, 5.41) is 3.15. The Morgan fingerprint density at radius 2 is 1.81 bits per heavy atom. The van der Waals surface area contributed by atoms with Gasteiger partial charge in [0.1, 0.15) is 0 Å². The number of amides is 1. The summed E-state index contributed by atoms with van der Waals surface area (Å²) in [6.45, 7) is 4.85. The minimum absolute atomic E-state index is 0.132. The maximum Gasteiger partial charge on any atom is 0.228 e. The number of nitrogens with zero attached hydrogens (tertiary/aromatic N) is 4. The molecular formula is C24H22Cl2N4OS. The van der Waals surface area contributed by atoms with Crippen molar-refractivity contribution in [2.75, 3.05) is 31.1 Å². The highest BCUT2D eigenvalue weighted by molar-refractivity contribution is 7.15. The summed E-state index contributed by atoms with van der Waals surface area (Å²) in [6, 6.07) is 14.0. The molecule has 0 radical (unpaired) electrons. The lowest BCUT2D eigenvalue weighted by Gasteiger charge is -2.36. The molecule has 0 aliphatic carbocycles. The molecule has 1 fully saturated rings. The van der Waals surface area contributed by atoms with Crippen molar-refractivity contribution < 1.29 is 4.79 Å². The van der Waals surface area contributed by atoms with Crippen LogP contribution in [0.5, 0.6) is 0 Å². The number of benzene rings is 2. The van der Waals surface area contributed by atoms with Gasteiger partial charge in [-0.05, 0) is 19.1 Å². The molecule has 2 aromatic carbocycles. The molecule has 1 amide bonds. The molecular weight excluding hydrogens is 463 g/mol. The Morgan fingerprint density at radius 1 is 1.06 bits per heavy atom. The third-order valence-electron chi connectivity index (χ3n) is 5.87. The Hall–Kier alpha value is -2.54. The van der Waals surface area contributed by atoms with Gasteiger partial charge in [0.25, 0.3) is 0 Å². The molecule has 164 valence electrons. The van der Waals surface area contributed by atoms with Gasteiger partial charge in [-0.15, -0.1) is 11.3 Å². The number of anilines is 1. The number of aromatic nitrogens is 2. The lowest BCUT2D eigenvalue weighted by atomic mass is 10.1. The number of piperazine rings is 1. The minimum Gasteiger partial charge on any atom is -0.367 e. The van der Waals surface area contributed by atoms with Crippen molar-refractivity contribution in [3.63, 3.8) is 0 Å². The Labute approximate surface area is 200 Å². The number of fused-ring (bicyclic) bond motifs is 1. The van der Waals surface area contributed by atoms with E-state index in [1.54, 1.807) is 17.4 Å². The molecule has 4 aromatic rings. The van der Waals surface area contributed by atoms with E-state index in [1.807, 2.05) is 33.0 Å². The number of thiazole rings is 1. The van der Waals surface area contributed by atoms with E-state index in [9.17, 15) is 4.79 Å². The summed E-state index contributed by atoms with van der Waals surface area (Å²) in [6.07, 6.45) is 2.39. The van der Waals surface area contributed by atoms with Gasteiger partial charge in [-0.1, -0.05) is 59.1 Å². The topological polar surface area (TPSA) is 40.9 Å². The Balaban J connectivity index is 1.26. The maximum atomic E-state index is 13.0. The molecule has 5 rings (SSSR count). The smallest absolute Gasteiger partial charge is 0.228 e. The summed E-state index contributed by atoms with van der Waals surface area (Å²) in [7, 11) is 0. The molecule has 0 bridgehead atoms. The second-order valence-electron chi connectivity index (χ2n) is 7.99. The highest BCUT2D eigenvalue weighted by Gasteiger charge is 2.24. The van der Waals surface area contributed by atoms with E-state index in [0.717, 1.165) is 40.7 Å². The van der Waals surface area contributed by atoms with Crippen LogP contribution < -0.4 is 4.90 Å². The van der Waals surface area contributed by atoms with Gasteiger partial charge in [0.15, 0.2) is 4.96 Å². The lowest BCUT2D eigenvalue weighted by Crippen LogP contribution is -2.49. The standard InChI is InChI=1S/C24H22Cl2N4OS/c1-16-5-7-17(8-6-16)20-14-30-18(15-32-24(30)27-20)13-22(31)29-11-9-28(10-12-29)21-4-2-3-19(25)23(21)26/h2-8,14-15H,9-13H2,1H3. The maximum absolute atomic E-state index is 13.0. The van der Waals surface area contributed by atoms with Crippen LogP contribution in [0.25, 0.3) is 16.2 Å². The first-order chi connectivity index (χ1) is 15.5. The van der Waals surface area contributed by atoms with E-state index >= 15 is 0 Å². The summed E-state index contributed by atoms with van der Waals surface area (Å²) in [5.41, 5.74) is 5.13. The molecule has 8 heteroatoms. The highest BCUT2D eigenvalue weighted by Crippen LogP contribution is 2.33. The van der Waals surface area contributed by atoms with Crippen LogP contribution in [0.2, 0.25) is 10.0 Å². The number of aryl methyl sites for hydroxylation is 1. The number of carbonyl (C=O) groups is 1. The van der Waals surface area contributed by atoms with Gasteiger partial charge in [0.05, 0.1) is 27.8 Å². The Kier molecular flexibility index (Phi) is 5.84. The predicted molar refractivity (Wildman–Crippen MR) is 132 cm³/mol. The zero-order chi connectivity index (χ0) is 22.2. The van der Waals surface area contributed by atoms with E-state index < -0.39 is 0 Å². The predicted octanol–water partition coefficient (Wildman–Crippen LogP) is 5.57. The van der Waals surface area contributed by atoms with Crippen molar-refractivity contribution in [3.05, 3.63) is 75.3 Å². The molecule has 2 aromatic heterocycles. The van der Waals surface area contributed by atoms with Gasteiger partial charge < -0.3 is 9.80 Å². The second-order valence-corrected chi connectivity index (χ2v) is 9.61. The van der Waals surface area contributed by atoms with E-state index in [0.29, 0.717) is 29.6 Å². The first kappa shape index (κ1) is 21.3. The second kappa shape index (κ2) is 8.77. The van der Waals surface area contributed by atoms with Crippen molar-refractivity contribution >= 4 is 51.1 Å². The normalized spacial score (nSPS) is 14.3. The quantitative estimate of drug-likeness (QED) is 0.380. The number of rotatable bonds is 4. The van der Waals surface area contributed by atoms with Gasteiger partial charge in [0, 0.05) is 49.0 Å². The Bertz CT molecular complexity index is 1270. The summed E-state index contributed by atoms with van der Waals surface area (Å²) < 4.78 is 2.04. The van der Waals surface area contributed by atoms with E-state index in [2.05, 4.69) is 36.1 Å². The molecule has 0 atom stereocenters. The summed E-state index contributed by atoms with van der Waals surface area (Å²) >= 11 is 14.1. The zero-order valence-corrected chi connectivity index (χ0v) is 19.9. The average molecular weight is 485 g/mol. The SMILES string of the molecule is Cc1ccc(-c2cn3c(CC(=O)N4CCN(c5cccc(Cl)c5Cl)CC4)csc3n2)cc1. The van der Waals surface area contributed by atoms with Crippen LogP contribution in [0.15, 0.2) is 54.0 Å². The molecule has 1 aliphatic heterocycles. The number of imidazole rings is 1. The molecule has 0 unspecified atom stereocenters. The number of halogens is 2.